The van der Waals surface area contributed by atoms with Crippen molar-refractivity contribution in [3.8, 4) is 5.75 Å². The lowest BCUT2D eigenvalue weighted by atomic mass is 10.2. The highest BCUT2D eigenvalue weighted by Crippen LogP contribution is 2.32. The van der Waals surface area contributed by atoms with E-state index in [1.807, 2.05) is 18.2 Å². The zero-order valence-corrected chi connectivity index (χ0v) is 10.9. The van der Waals surface area contributed by atoms with Crippen LogP contribution in [0, 0.1) is 0 Å². The number of nitrogens with zero attached hydrogens (tertiary/aromatic N) is 1. The Morgan fingerprint density at radius 3 is 2.76 bits per heavy atom. The highest BCUT2D eigenvalue weighted by atomic mass is 79.9. The zero-order valence-electron chi connectivity index (χ0n) is 9.31. The van der Waals surface area contributed by atoms with Crippen LogP contribution in [0.5, 0.6) is 5.75 Å². The summed E-state index contributed by atoms with van der Waals surface area (Å²) >= 11 is 3.45. The van der Waals surface area contributed by atoms with Crippen LogP contribution in [0.3, 0.4) is 0 Å². The standard InChI is InChI=1S/C12H12BrNO3/c1-16-7-17-10-5-3-8-2-4-9(6-15)14-12(8)11(10)13/h2-5,15H,6-7H2,1H3. The fraction of sp³-hybridized carbons (Fsp3) is 0.250. The minimum atomic E-state index is -0.0778. The van der Waals surface area contributed by atoms with Gasteiger partial charge in [-0.1, -0.05) is 6.07 Å². The van der Waals surface area contributed by atoms with E-state index in [4.69, 9.17) is 14.6 Å². The first-order valence-electron chi connectivity index (χ1n) is 5.07. The summed E-state index contributed by atoms with van der Waals surface area (Å²) in [6.07, 6.45) is 0. The molecule has 0 aliphatic heterocycles. The maximum Gasteiger partial charge on any atom is 0.188 e. The smallest absolute Gasteiger partial charge is 0.188 e. The third kappa shape index (κ3) is 2.57. The van der Waals surface area contributed by atoms with Crippen LogP contribution in [0.4, 0.5) is 0 Å². The van der Waals surface area contributed by atoms with E-state index in [1.54, 1.807) is 13.2 Å². The van der Waals surface area contributed by atoms with Crippen molar-refractivity contribution in [2.75, 3.05) is 13.9 Å². The predicted octanol–water partition coefficient (Wildman–Crippen LogP) is 2.47. The molecular weight excluding hydrogens is 286 g/mol. The summed E-state index contributed by atoms with van der Waals surface area (Å²) in [5, 5.41) is 10.1. The Labute approximate surface area is 107 Å². The number of hydrogen-bond acceptors (Lipinski definition) is 4. The normalized spacial score (nSPS) is 10.8. The van der Waals surface area contributed by atoms with E-state index >= 15 is 0 Å². The maximum atomic E-state index is 9.07. The maximum absolute atomic E-state index is 9.07. The third-order valence-electron chi connectivity index (χ3n) is 2.32. The fourth-order valence-electron chi connectivity index (χ4n) is 1.50. The molecule has 0 saturated carbocycles. The van der Waals surface area contributed by atoms with Gasteiger partial charge in [0.25, 0.3) is 0 Å². The molecule has 17 heavy (non-hydrogen) atoms. The summed E-state index contributed by atoms with van der Waals surface area (Å²) in [5.41, 5.74) is 1.40. The third-order valence-corrected chi connectivity index (χ3v) is 3.08. The van der Waals surface area contributed by atoms with Crippen LogP contribution in [-0.2, 0) is 11.3 Å². The van der Waals surface area contributed by atoms with Gasteiger partial charge >= 0.3 is 0 Å². The summed E-state index contributed by atoms with van der Waals surface area (Å²) < 4.78 is 11.0. The molecule has 0 atom stereocenters. The van der Waals surface area contributed by atoms with Gasteiger partial charge < -0.3 is 14.6 Å². The second-order valence-electron chi connectivity index (χ2n) is 3.46. The van der Waals surface area contributed by atoms with Gasteiger partial charge in [0.2, 0.25) is 0 Å². The number of hydrogen-bond donors (Lipinski definition) is 1. The Balaban J connectivity index is 2.48. The molecule has 2 aromatic rings. The van der Waals surface area contributed by atoms with Gasteiger partial charge in [0.15, 0.2) is 6.79 Å². The van der Waals surface area contributed by atoms with E-state index in [0.29, 0.717) is 11.4 Å². The lowest BCUT2D eigenvalue weighted by Gasteiger charge is -2.09. The Kier molecular flexibility index (Phi) is 3.93. The first-order valence-corrected chi connectivity index (χ1v) is 5.86. The van der Waals surface area contributed by atoms with Crippen molar-refractivity contribution in [1.82, 2.24) is 4.98 Å². The van der Waals surface area contributed by atoms with E-state index in [2.05, 4.69) is 20.9 Å². The second-order valence-corrected chi connectivity index (χ2v) is 4.25. The molecule has 0 fully saturated rings. The SMILES string of the molecule is COCOc1ccc2ccc(CO)nc2c1Br. The summed E-state index contributed by atoms with van der Waals surface area (Å²) in [6, 6.07) is 7.48. The van der Waals surface area contributed by atoms with Crippen molar-refractivity contribution in [3.63, 3.8) is 0 Å². The lowest BCUT2D eigenvalue weighted by molar-refractivity contribution is 0.0507. The molecule has 1 aromatic heterocycles. The molecule has 0 saturated heterocycles. The molecule has 0 radical (unpaired) electrons. The van der Waals surface area contributed by atoms with Crippen molar-refractivity contribution in [3.05, 3.63) is 34.4 Å². The number of ether oxygens (including phenoxy) is 2. The van der Waals surface area contributed by atoms with Crippen LogP contribution < -0.4 is 4.74 Å². The number of fused-ring (bicyclic) bond motifs is 1. The number of halogens is 1. The number of pyridine rings is 1. The molecule has 5 heteroatoms. The average Bonchev–Trinajstić information content (AvgIpc) is 2.38. The molecular formula is C12H12BrNO3. The number of rotatable bonds is 4. The molecule has 90 valence electrons. The van der Waals surface area contributed by atoms with Crippen molar-refractivity contribution in [1.29, 1.82) is 0 Å². The summed E-state index contributed by atoms with van der Waals surface area (Å²) in [4.78, 5) is 4.34. The second kappa shape index (κ2) is 5.44. The van der Waals surface area contributed by atoms with Gasteiger partial charge in [-0.25, -0.2) is 4.98 Å². The Bertz CT molecular complexity index is 530. The minimum absolute atomic E-state index is 0.0778. The van der Waals surface area contributed by atoms with Crippen molar-refractivity contribution < 1.29 is 14.6 Å². The van der Waals surface area contributed by atoms with Crippen LogP contribution in [0.25, 0.3) is 10.9 Å². The van der Waals surface area contributed by atoms with Crippen molar-refractivity contribution in [2.45, 2.75) is 6.61 Å². The van der Waals surface area contributed by atoms with Crippen LogP contribution in [0.1, 0.15) is 5.69 Å². The molecule has 4 nitrogen and oxygen atoms in total. The Morgan fingerprint density at radius 1 is 1.29 bits per heavy atom. The molecule has 1 heterocycles. The highest BCUT2D eigenvalue weighted by molar-refractivity contribution is 9.10. The average molecular weight is 298 g/mol. The van der Waals surface area contributed by atoms with Crippen LogP contribution in [0.2, 0.25) is 0 Å². The molecule has 1 aromatic carbocycles. The highest BCUT2D eigenvalue weighted by Gasteiger charge is 2.08. The number of benzene rings is 1. The van der Waals surface area contributed by atoms with Gasteiger partial charge in [0.05, 0.1) is 22.3 Å². The van der Waals surface area contributed by atoms with Crippen molar-refractivity contribution in [2.24, 2.45) is 0 Å². The van der Waals surface area contributed by atoms with Gasteiger partial charge in [-0.3, -0.25) is 0 Å². The predicted molar refractivity (Wildman–Crippen MR) is 67.9 cm³/mol. The minimum Gasteiger partial charge on any atom is -0.466 e. The summed E-state index contributed by atoms with van der Waals surface area (Å²) in [6.45, 7) is 0.106. The largest absolute Gasteiger partial charge is 0.466 e. The van der Waals surface area contributed by atoms with Gasteiger partial charge in [-0.15, -0.1) is 0 Å². The molecule has 2 rings (SSSR count). The Hall–Kier alpha value is -1.17. The van der Waals surface area contributed by atoms with E-state index in [9.17, 15) is 0 Å². The molecule has 0 bridgehead atoms. The number of aromatic nitrogens is 1. The first kappa shape index (κ1) is 12.3. The fourth-order valence-corrected chi connectivity index (χ4v) is 2.06. The van der Waals surface area contributed by atoms with Crippen LogP contribution >= 0.6 is 15.9 Å². The van der Waals surface area contributed by atoms with Crippen LogP contribution in [0.15, 0.2) is 28.7 Å². The Morgan fingerprint density at radius 2 is 2.06 bits per heavy atom. The molecule has 0 spiro atoms. The monoisotopic (exact) mass is 297 g/mol. The molecule has 0 unspecified atom stereocenters. The number of methoxy groups -OCH3 is 1. The molecule has 0 amide bonds. The van der Waals surface area contributed by atoms with Gasteiger partial charge in [-0.05, 0) is 34.1 Å². The topological polar surface area (TPSA) is 51.6 Å². The first-order chi connectivity index (χ1) is 8.26. The number of aliphatic hydroxyl groups is 1. The van der Waals surface area contributed by atoms with Gasteiger partial charge in [0, 0.05) is 12.5 Å². The van der Waals surface area contributed by atoms with Gasteiger partial charge in [-0.2, -0.15) is 0 Å². The van der Waals surface area contributed by atoms with E-state index in [0.717, 1.165) is 15.4 Å². The molecule has 0 aliphatic rings. The van der Waals surface area contributed by atoms with Crippen LogP contribution in [-0.4, -0.2) is 24.0 Å². The van der Waals surface area contributed by atoms with Gasteiger partial charge in [0.1, 0.15) is 5.75 Å². The van der Waals surface area contributed by atoms with E-state index < -0.39 is 0 Å². The summed E-state index contributed by atoms with van der Waals surface area (Å²) in [7, 11) is 1.57. The quantitative estimate of drug-likeness (QED) is 0.881. The van der Waals surface area contributed by atoms with E-state index in [-0.39, 0.29) is 13.4 Å². The lowest BCUT2D eigenvalue weighted by Crippen LogP contribution is -2.00. The van der Waals surface area contributed by atoms with E-state index in [1.165, 1.54) is 0 Å². The molecule has 1 N–H and O–H groups in total. The number of aliphatic hydroxyl groups excluding tert-OH is 1. The molecule has 0 aliphatic carbocycles. The van der Waals surface area contributed by atoms with Crippen molar-refractivity contribution >= 4 is 26.8 Å². The zero-order chi connectivity index (χ0) is 12.3. The summed E-state index contributed by atoms with van der Waals surface area (Å²) in [5.74, 6) is 0.668.